The highest BCUT2D eigenvalue weighted by molar-refractivity contribution is 5.98. The number of anilines is 2. The molecule has 0 spiro atoms. The smallest absolute Gasteiger partial charge is 0.258 e. The van der Waals surface area contributed by atoms with Gasteiger partial charge in [-0.05, 0) is 30.5 Å². The minimum absolute atomic E-state index is 0.146. The molecular weight excluding hydrogens is 400 g/mol. The fourth-order valence-corrected chi connectivity index (χ4v) is 4.20. The van der Waals surface area contributed by atoms with Crippen LogP contribution in [0.1, 0.15) is 29.9 Å². The third-order valence-electron chi connectivity index (χ3n) is 5.92. The summed E-state index contributed by atoms with van der Waals surface area (Å²) in [4.78, 5) is 46.3. The predicted octanol–water partition coefficient (Wildman–Crippen LogP) is 0.704. The number of ether oxygens (including phenoxy) is 1. The molecular formula is C21H22N6O4. The molecule has 2 aliphatic heterocycles. The zero-order valence-corrected chi connectivity index (χ0v) is 16.9. The van der Waals surface area contributed by atoms with Crippen molar-refractivity contribution in [1.29, 1.82) is 5.26 Å². The first-order valence-electron chi connectivity index (χ1n) is 9.95. The van der Waals surface area contributed by atoms with Crippen molar-refractivity contribution < 1.29 is 14.3 Å². The van der Waals surface area contributed by atoms with Crippen molar-refractivity contribution in [2.75, 3.05) is 30.4 Å². The highest BCUT2D eigenvalue weighted by Gasteiger charge is 2.40. The topological polar surface area (TPSA) is 154 Å². The maximum Gasteiger partial charge on any atom is 0.258 e. The standard InChI is InChI=1S/C21H22N6O4/c1-31-13-4-2-11(3-5-13)15-14(10-22)19(29)24-18-16(15)20(30)26-21(25-18)27-8-6-12(7-9-27)17(23)28/h2-5,12,14-15H,6-9H2,1H3,(H2,23,28)(H2,24,25,26,29,30). The summed E-state index contributed by atoms with van der Waals surface area (Å²) in [5.74, 6) is -1.78. The highest BCUT2D eigenvalue weighted by atomic mass is 16.5. The van der Waals surface area contributed by atoms with Gasteiger partial charge < -0.3 is 20.7 Å². The average Bonchev–Trinajstić information content (AvgIpc) is 2.78. The number of methoxy groups -OCH3 is 1. The summed E-state index contributed by atoms with van der Waals surface area (Å²) < 4.78 is 5.17. The maximum absolute atomic E-state index is 13.1. The summed E-state index contributed by atoms with van der Waals surface area (Å²) in [5.41, 5.74) is 5.85. The van der Waals surface area contributed by atoms with Gasteiger partial charge in [0.05, 0.1) is 18.7 Å². The Morgan fingerprint density at radius 1 is 1.26 bits per heavy atom. The van der Waals surface area contributed by atoms with Crippen LogP contribution in [0, 0.1) is 23.2 Å². The molecule has 2 amide bonds. The first-order valence-corrected chi connectivity index (χ1v) is 9.95. The van der Waals surface area contributed by atoms with E-state index in [4.69, 9.17) is 10.5 Å². The van der Waals surface area contributed by atoms with Crippen LogP contribution in [-0.2, 0) is 9.59 Å². The van der Waals surface area contributed by atoms with E-state index >= 15 is 0 Å². The minimum atomic E-state index is -1.07. The van der Waals surface area contributed by atoms with Gasteiger partial charge in [-0.2, -0.15) is 10.2 Å². The van der Waals surface area contributed by atoms with Crippen LogP contribution in [0.25, 0.3) is 0 Å². The van der Waals surface area contributed by atoms with E-state index in [1.165, 1.54) is 0 Å². The third kappa shape index (κ3) is 3.70. The number of nitrogens with one attached hydrogen (secondary N) is 2. The lowest BCUT2D eigenvalue weighted by Crippen LogP contribution is -2.42. The van der Waals surface area contributed by atoms with Gasteiger partial charge in [0.25, 0.3) is 5.56 Å². The van der Waals surface area contributed by atoms with Crippen molar-refractivity contribution in [1.82, 2.24) is 9.97 Å². The number of fused-ring (bicyclic) bond motifs is 1. The summed E-state index contributed by atoms with van der Waals surface area (Å²) in [6, 6.07) is 8.92. The molecule has 0 aliphatic carbocycles. The minimum Gasteiger partial charge on any atom is -0.497 e. The van der Waals surface area contributed by atoms with Gasteiger partial charge in [0.15, 0.2) is 0 Å². The second kappa shape index (κ2) is 8.10. The van der Waals surface area contributed by atoms with Crippen molar-refractivity contribution in [3.8, 4) is 11.8 Å². The molecule has 3 heterocycles. The molecule has 10 heteroatoms. The van der Waals surface area contributed by atoms with Gasteiger partial charge in [0, 0.05) is 24.9 Å². The lowest BCUT2D eigenvalue weighted by atomic mass is 9.79. The molecule has 0 bridgehead atoms. The monoisotopic (exact) mass is 422 g/mol. The summed E-state index contributed by atoms with van der Waals surface area (Å²) in [6.45, 7) is 1.01. The van der Waals surface area contributed by atoms with Crippen LogP contribution >= 0.6 is 0 Å². The maximum atomic E-state index is 13.1. The Labute approximate surface area is 178 Å². The Morgan fingerprint density at radius 2 is 1.94 bits per heavy atom. The van der Waals surface area contributed by atoms with Gasteiger partial charge in [-0.3, -0.25) is 19.4 Å². The molecule has 1 aromatic heterocycles. The molecule has 160 valence electrons. The normalized spacial score (nSPS) is 21.0. The highest BCUT2D eigenvalue weighted by Crippen LogP contribution is 2.38. The van der Waals surface area contributed by atoms with E-state index in [1.54, 1.807) is 31.4 Å². The summed E-state index contributed by atoms with van der Waals surface area (Å²) in [5, 5.41) is 12.2. The SMILES string of the molecule is COc1ccc(C2c3c(nc(N4CCC(C(N)=O)CC4)[nH]c3=O)NC(=O)C2C#N)cc1. The fourth-order valence-electron chi connectivity index (χ4n) is 4.20. The molecule has 10 nitrogen and oxygen atoms in total. The number of nitrogens with zero attached hydrogens (tertiary/aromatic N) is 3. The summed E-state index contributed by atoms with van der Waals surface area (Å²) in [7, 11) is 1.54. The number of aromatic nitrogens is 2. The molecule has 31 heavy (non-hydrogen) atoms. The molecule has 4 N–H and O–H groups in total. The molecule has 4 rings (SSSR count). The number of carbonyl (C=O) groups is 2. The number of rotatable bonds is 4. The number of piperidine rings is 1. The van der Waals surface area contributed by atoms with Crippen molar-refractivity contribution >= 4 is 23.6 Å². The molecule has 2 atom stereocenters. The number of primary amides is 1. The number of amides is 2. The number of carbonyl (C=O) groups excluding carboxylic acids is 2. The molecule has 2 unspecified atom stereocenters. The third-order valence-corrected chi connectivity index (χ3v) is 5.92. The van der Waals surface area contributed by atoms with Crippen molar-refractivity contribution in [2.45, 2.75) is 18.8 Å². The van der Waals surface area contributed by atoms with E-state index in [0.29, 0.717) is 43.2 Å². The van der Waals surface area contributed by atoms with Gasteiger partial charge in [0.1, 0.15) is 17.5 Å². The van der Waals surface area contributed by atoms with E-state index in [9.17, 15) is 19.6 Å². The summed E-state index contributed by atoms with van der Waals surface area (Å²) in [6.07, 6.45) is 1.13. The predicted molar refractivity (Wildman–Crippen MR) is 112 cm³/mol. The van der Waals surface area contributed by atoms with Gasteiger partial charge >= 0.3 is 0 Å². The molecule has 2 aromatic rings. The number of hydrogen-bond acceptors (Lipinski definition) is 7. The van der Waals surface area contributed by atoms with Gasteiger partial charge in [-0.1, -0.05) is 12.1 Å². The van der Waals surface area contributed by atoms with Crippen LogP contribution in [-0.4, -0.2) is 42.0 Å². The number of hydrogen-bond donors (Lipinski definition) is 3. The lowest BCUT2D eigenvalue weighted by molar-refractivity contribution is -0.122. The Morgan fingerprint density at radius 3 is 2.52 bits per heavy atom. The van der Waals surface area contributed by atoms with Gasteiger partial charge in [0.2, 0.25) is 17.8 Å². The second-order valence-electron chi connectivity index (χ2n) is 7.66. The Balaban J connectivity index is 1.72. The number of H-pyrrole nitrogens is 1. The largest absolute Gasteiger partial charge is 0.497 e. The number of nitrogens with two attached hydrogens (primary N) is 1. The van der Waals surface area contributed by atoms with Crippen LogP contribution in [0.2, 0.25) is 0 Å². The Kier molecular flexibility index (Phi) is 5.33. The quantitative estimate of drug-likeness (QED) is 0.655. The van der Waals surface area contributed by atoms with Crippen LogP contribution in [0.4, 0.5) is 11.8 Å². The van der Waals surface area contributed by atoms with E-state index < -0.39 is 23.3 Å². The zero-order chi connectivity index (χ0) is 22.1. The van der Waals surface area contributed by atoms with Crippen molar-refractivity contribution in [2.24, 2.45) is 17.6 Å². The second-order valence-corrected chi connectivity index (χ2v) is 7.66. The molecule has 2 aliphatic rings. The number of benzene rings is 1. The van der Waals surface area contributed by atoms with Crippen molar-refractivity contribution in [3.05, 3.63) is 45.7 Å². The van der Waals surface area contributed by atoms with Gasteiger partial charge in [-0.25, -0.2) is 0 Å². The first kappa shape index (κ1) is 20.4. The lowest BCUT2D eigenvalue weighted by Gasteiger charge is -2.33. The zero-order valence-electron chi connectivity index (χ0n) is 16.9. The van der Waals surface area contributed by atoms with E-state index in [2.05, 4.69) is 15.3 Å². The first-order chi connectivity index (χ1) is 14.9. The summed E-state index contributed by atoms with van der Waals surface area (Å²) >= 11 is 0. The number of nitriles is 1. The molecule has 1 fully saturated rings. The van der Waals surface area contributed by atoms with Crippen molar-refractivity contribution in [3.63, 3.8) is 0 Å². The molecule has 1 aromatic carbocycles. The molecule has 1 saturated heterocycles. The van der Waals surface area contributed by atoms with Crippen LogP contribution < -0.4 is 26.2 Å². The fraction of sp³-hybridized carbons (Fsp3) is 0.381. The van der Waals surface area contributed by atoms with E-state index in [1.807, 2.05) is 11.0 Å². The van der Waals surface area contributed by atoms with Gasteiger partial charge in [-0.15, -0.1) is 0 Å². The van der Waals surface area contributed by atoms with E-state index in [-0.39, 0.29) is 23.2 Å². The van der Waals surface area contributed by atoms with Crippen LogP contribution in [0.15, 0.2) is 29.1 Å². The molecule has 0 radical (unpaired) electrons. The van der Waals surface area contributed by atoms with Crippen LogP contribution in [0.5, 0.6) is 5.75 Å². The van der Waals surface area contributed by atoms with Crippen LogP contribution in [0.3, 0.4) is 0 Å². The molecule has 0 saturated carbocycles. The Hall–Kier alpha value is -3.87. The van der Waals surface area contributed by atoms with E-state index in [0.717, 1.165) is 0 Å². The number of aromatic amines is 1. The Bertz CT molecular complexity index is 1110. The average molecular weight is 422 g/mol.